The van der Waals surface area contributed by atoms with Crippen LogP contribution in [0.2, 0.25) is 0 Å². The third-order valence-electron chi connectivity index (χ3n) is 4.90. The third kappa shape index (κ3) is 4.13. The molecule has 1 aromatic carbocycles. The van der Waals surface area contributed by atoms with E-state index < -0.39 is 29.7 Å². The molecular formula is C21H16F4N4O3. The minimum atomic E-state index is -5.05. The fourth-order valence-electron chi connectivity index (χ4n) is 3.51. The number of carbonyl (C=O) groups excluding carboxylic acids is 2. The largest absolute Gasteiger partial charge is 0.573 e. The van der Waals surface area contributed by atoms with Crippen molar-refractivity contribution >= 4 is 23.2 Å². The van der Waals surface area contributed by atoms with Gasteiger partial charge in [0, 0.05) is 36.7 Å². The SMILES string of the molecule is C[C@H]1CN(c2ccc(OC(F)(F)F)c(F)c2)C(=O)c2c(C(=O)Nc3cccnc3)ccn21. The maximum Gasteiger partial charge on any atom is 0.573 e. The molecule has 7 nitrogen and oxygen atoms in total. The lowest BCUT2D eigenvalue weighted by atomic mass is 10.1. The van der Waals surface area contributed by atoms with Crippen LogP contribution in [-0.2, 0) is 0 Å². The van der Waals surface area contributed by atoms with Gasteiger partial charge in [0.15, 0.2) is 11.6 Å². The van der Waals surface area contributed by atoms with E-state index in [-0.39, 0.29) is 29.5 Å². The Balaban J connectivity index is 1.64. The Morgan fingerprint density at radius 1 is 1.25 bits per heavy atom. The van der Waals surface area contributed by atoms with Gasteiger partial charge in [0.1, 0.15) is 5.69 Å². The van der Waals surface area contributed by atoms with Crippen molar-refractivity contribution in [3.8, 4) is 5.75 Å². The zero-order chi connectivity index (χ0) is 23.0. The smallest absolute Gasteiger partial charge is 0.403 e. The van der Waals surface area contributed by atoms with E-state index in [0.29, 0.717) is 5.69 Å². The highest BCUT2D eigenvalue weighted by atomic mass is 19.4. The minimum Gasteiger partial charge on any atom is -0.403 e. The Morgan fingerprint density at radius 3 is 2.69 bits per heavy atom. The normalized spacial score (nSPS) is 16.0. The summed E-state index contributed by atoms with van der Waals surface area (Å²) in [5.74, 6) is -3.39. The van der Waals surface area contributed by atoms with E-state index in [9.17, 15) is 27.2 Å². The highest BCUT2D eigenvalue weighted by Crippen LogP contribution is 2.33. The van der Waals surface area contributed by atoms with Gasteiger partial charge in [-0.3, -0.25) is 14.6 Å². The number of nitrogens with zero attached hydrogens (tertiary/aromatic N) is 3. The topological polar surface area (TPSA) is 76.5 Å². The summed E-state index contributed by atoms with van der Waals surface area (Å²) in [7, 11) is 0. The van der Waals surface area contributed by atoms with Crippen LogP contribution in [0.4, 0.5) is 28.9 Å². The van der Waals surface area contributed by atoms with Crippen LogP contribution in [0, 0.1) is 5.82 Å². The van der Waals surface area contributed by atoms with Crippen LogP contribution >= 0.6 is 0 Å². The number of carbonyl (C=O) groups is 2. The van der Waals surface area contributed by atoms with Crippen molar-refractivity contribution in [2.45, 2.75) is 19.3 Å². The monoisotopic (exact) mass is 448 g/mol. The zero-order valence-electron chi connectivity index (χ0n) is 16.6. The number of anilines is 2. The molecule has 1 N–H and O–H groups in total. The highest BCUT2D eigenvalue weighted by molar-refractivity contribution is 6.16. The second kappa shape index (κ2) is 7.98. The van der Waals surface area contributed by atoms with Crippen molar-refractivity contribution in [2.75, 3.05) is 16.8 Å². The molecule has 166 valence electrons. The van der Waals surface area contributed by atoms with Gasteiger partial charge in [-0.1, -0.05) is 0 Å². The fourth-order valence-corrected chi connectivity index (χ4v) is 3.51. The van der Waals surface area contributed by atoms with Crippen molar-refractivity contribution in [3.05, 3.63) is 72.1 Å². The summed E-state index contributed by atoms with van der Waals surface area (Å²) in [4.78, 5) is 31.1. The molecule has 1 aliphatic heterocycles. The molecule has 0 bridgehead atoms. The maximum atomic E-state index is 14.2. The van der Waals surface area contributed by atoms with E-state index in [0.717, 1.165) is 18.2 Å². The lowest BCUT2D eigenvalue weighted by molar-refractivity contribution is -0.275. The van der Waals surface area contributed by atoms with E-state index in [1.807, 2.05) is 0 Å². The van der Waals surface area contributed by atoms with Gasteiger partial charge < -0.3 is 19.5 Å². The van der Waals surface area contributed by atoms with E-state index in [1.54, 1.807) is 36.0 Å². The first-order chi connectivity index (χ1) is 15.1. The predicted molar refractivity (Wildman–Crippen MR) is 106 cm³/mol. The number of fused-ring (bicyclic) bond motifs is 1. The Labute approximate surface area is 179 Å². The molecule has 0 radical (unpaired) electrons. The molecule has 0 aliphatic carbocycles. The van der Waals surface area contributed by atoms with Gasteiger partial charge in [0.2, 0.25) is 0 Å². The van der Waals surface area contributed by atoms with Gasteiger partial charge in [0.05, 0.1) is 17.4 Å². The minimum absolute atomic E-state index is 0.0416. The van der Waals surface area contributed by atoms with Gasteiger partial charge in [0.25, 0.3) is 11.8 Å². The summed E-state index contributed by atoms with van der Waals surface area (Å²) in [5, 5.41) is 2.65. The van der Waals surface area contributed by atoms with Crippen LogP contribution < -0.4 is 15.0 Å². The summed E-state index contributed by atoms with van der Waals surface area (Å²) >= 11 is 0. The Bertz CT molecular complexity index is 1180. The number of benzene rings is 1. The molecule has 0 unspecified atom stereocenters. The quantitative estimate of drug-likeness (QED) is 0.601. The number of alkyl halides is 3. The molecule has 1 atom stereocenters. The van der Waals surface area contributed by atoms with E-state index >= 15 is 0 Å². The second-order valence-corrected chi connectivity index (χ2v) is 7.11. The molecule has 3 heterocycles. The van der Waals surface area contributed by atoms with Gasteiger partial charge in [-0.25, -0.2) is 4.39 Å². The lowest BCUT2D eigenvalue weighted by Crippen LogP contribution is -2.43. The maximum absolute atomic E-state index is 14.2. The third-order valence-corrected chi connectivity index (χ3v) is 4.90. The van der Waals surface area contributed by atoms with Gasteiger partial charge in [-0.05, 0) is 37.3 Å². The standard InChI is InChI=1S/C21H16F4N4O3/c1-12-11-29(14-4-5-17(16(22)9-14)32-21(23,24)25)20(31)18-15(6-8-28(12)18)19(30)27-13-3-2-7-26-10-13/h2-10,12H,11H2,1H3,(H,27,30)/t12-/m0/s1. The number of amides is 2. The molecule has 0 spiro atoms. The molecule has 0 saturated carbocycles. The number of hydrogen-bond donors (Lipinski definition) is 1. The van der Waals surface area contributed by atoms with Crippen LogP contribution in [0.25, 0.3) is 0 Å². The van der Waals surface area contributed by atoms with Crippen molar-refractivity contribution in [3.63, 3.8) is 0 Å². The summed E-state index contributed by atoms with van der Waals surface area (Å²) in [5.41, 5.74) is 0.668. The highest BCUT2D eigenvalue weighted by Gasteiger charge is 2.35. The lowest BCUT2D eigenvalue weighted by Gasteiger charge is -2.33. The summed E-state index contributed by atoms with van der Waals surface area (Å²) < 4.78 is 56.7. The van der Waals surface area contributed by atoms with Crippen LogP contribution in [0.5, 0.6) is 5.75 Å². The molecule has 2 aromatic heterocycles. The number of pyridine rings is 1. The summed E-state index contributed by atoms with van der Waals surface area (Å²) in [6, 6.07) is 7.25. The first-order valence-corrected chi connectivity index (χ1v) is 9.43. The molecular weight excluding hydrogens is 432 g/mol. The van der Waals surface area contributed by atoms with Crippen molar-refractivity contribution in [2.24, 2.45) is 0 Å². The molecule has 11 heteroatoms. The van der Waals surface area contributed by atoms with Gasteiger partial charge in [-0.15, -0.1) is 13.2 Å². The van der Waals surface area contributed by atoms with Crippen molar-refractivity contribution in [1.82, 2.24) is 9.55 Å². The van der Waals surface area contributed by atoms with E-state index in [1.165, 1.54) is 17.2 Å². The number of aromatic nitrogens is 2. The van der Waals surface area contributed by atoms with Gasteiger partial charge in [-0.2, -0.15) is 0 Å². The molecule has 4 rings (SSSR count). The fraction of sp³-hybridized carbons (Fsp3) is 0.190. The number of rotatable bonds is 4. The second-order valence-electron chi connectivity index (χ2n) is 7.11. The van der Waals surface area contributed by atoms with E-state index in [4.69, 9.17) is 0 Å². The predicted octanol–water partition coefficient (Wildman–Crippen LogP) is 4.39. The number of halogens is 4. The van der Waals surface area contributed by atoms with Crippen molar-refractivity contribution < 1.29 is 31.9 Å². The number of ether oxygens (including phenoxy) is 1. The average Bonchev–Trinajstić information content (AvgIpc) is 3.18. The molecule has 3 aromatic rings. The molecule has 0 fully saturated rings. The first-order valence-electron chi connectivity index (χ1n) is 9.43. The zero-order valence-corrected chi connectivity index (χ0v) is 16.6. The summed E-state index contributed by atoms with van der Waals surface area (Å²) in [6.07, 6.45) is -0.447. The summed E-state index contributed by atoms with van der Waals surface area (Å²) in [6.45, 7) is 1.92. The van der Waals surface area contributed by atoms with E-state index in [2.05, 4.69) is 15.0 Å². The first kappa shape index (κ1) is 21.3. The molecule has 2 amide bonds. The van der Waals surface area contributed by atoms with Crippen molar-refractivity contribution in [1.29, 1.82) is 0 Å². The van der Waals surface area contributed by atoms with Gasteiger partial charge >= 0.3 is 6.36 Å². The Hall–Kier alpha value is -3.89. The van der Waals surface area contributed by atoms with Crippen LogP contribution in [0.15, 0.2) is 55.0 Å². The molecule has 32 heavy (non-hydrogen) atoms. The Kier molecular flexibility index (Phi) is 5.33. The van der Waals surface area contributed by atoms with Crippen LogP contribution in [-0.4, -0.2) is 34.3 Å². The number of hydrogen-bond acceptors (Lipinski definition) is 4. The molecule has 0 saturated heterocycles. The van der Waals surface area contributed by atoms with Crippen LogP contribution in [0.3, 0.4) is 0 Å². The molecule has 1 aliphatic rings. The Morgan fingerprint density at radius 2 is 2.03 bits per heavy atom. The van der Waals surface area contributed by atoms with Crippen LogP contribution in [0.1, 0.15) is 33.8 Å². The number of nitrogens with one attached hydrogen (secondary N) is 1. The average molecular weight is 448 g/mol.